The summed E-state index contributed by atoms with van der Waals surface area (Å²) in [6.07, 6.45) is 2.55. The van der Waals surface area contributed by atoms with Gasteiger partial charge < -0.3 is 15.0 Å². The summed E-state index contributed by atoms with van der Waals surface area (Å²) in [6.45, 7) is 12.8. The van der Waals surface area contributed by atoms with E-state index >= 15 is 0 Å². The molecule has 0 radical (unpaired) electrons. The van der Waals surface area contributed by atoms with Gasteiger partial charge in [0.25, 0.3) is 0 Å². The SMILES string of the molecule is CN=C(NCC(C)N1CCOCC1C)N1CCC(C)CC1.I. The molecule has 130 valence electrons. The first-order valence-corrected chi connectivity index (χ1v) is 8.41. The van der Waals surface area contributed by atoms with E-state index in [2.05, 4.69) is 40.9 Å². The van der Waals surface area contributed by atoms with Gasteiger partial charge in [-0.3, -0.25) is 9.89 Å². The molecule has 0 amide bonds. The summed E-state index contributed by atoms with van der Waals surface area (Å²) in [5.41, 5.74) is 0. The molecular formula is C16H33IN4O. The van der Waals surface area contributed by atoms with Gasteiger partial charge in [-0.15, -0.1) is 24.0 Å². The summed E-state index contributed by atoms with van der Waals surface area (Å²) in [5.74, 6) is 1.92. The summed E-state index contributed by atoms with van der Waals surface area (Å²) in [6, 6.07) is 1.01. The van der Waals surface area contributed by atoms with E-state index in [1.807, 2.05) is 7.05 Å². The number of hydrogen-bond acceptors (Lipinski definition) is 3. The topological polar surface area (TPSA) is 40.1 Å². The molecule has 2 saturated heterocycles. The molecule has 1 N–H and O–H groups in total. The lowest BCUT2D eigenvalue weighted by Crippen LogP contribution is -2.54. The van der Waals surface area contributed by atoms with Crippen molar-refractivity contribution in [1.29, 1.82) is 0 Å². The van der Waals surface area contributed by atoms with Crippen LogP contribution in [-0.4, -0.2) is 74.3 Å². The molecule has 2 aliphatic heterocycles. The number of rotatable bonds is 3. The largest absolute Gasteiger partial charge is 0.379 e. The summed E-state index contributed by atoms with van der Waals surface area (Å²) < 4.78 is 5.52. The Kier molecular flexibility index (Phi) is 9.01. The van der Waals surface area contributed by atoms with Crippen LogP contribution in [0, 0.1) is 5.92 Å². The van der Waals surface area contributed by atoms with Gasteiger partial charge in [-0.25, -0.2) is 0 Å². The molecule has 22 heavy (non-hydrogen) atoms. The molecule has 0 aromatic rings. The first kappa shape index (κ1) is 20.0. The molecule has 0 aromatic carbocycles. The van der Waals surface area contributed by atoms with Gasteiger partial charge in [0.05, 0.1) is 13.2 Å². The van der Waals surface area contributed by atoms with Crippen molar-refractivity contribution in [3.8, 4) is 0 Å². The lowest BCUT2D eigenvalue weighted by molar-refractivity contribution is -0.0175. The Morgan fingerprint density at radius 3 is 2.55 bits per heavy atom. The number of morpholine rings is 1. The van der Waals surface area contributed by atoms with E-state index in [0.29, 0.717) is 12.1 Å². The summed E-state index contributed by atoms with van der Waals surface area (Å²) in [4.78, 5) is 9.39. The molecule has 2 heterocycles. The maximum absolute atomic E-state index is 5.52. The van der Waals surface area contributed by atoms with Crippen LogP contribution in [0.5, 0.6) is 0 Å². The second-order valence-corrected chi connectivity index (χ2v) is 6.61. The molecule has 0 aliphatic carbocycles. The fourth-order valence-corrected chi connectivity index (χ4v) is 3.30. The maximum Gasteiger partial charge on any atom is 0.193 e. The van der Waals surface area contributed by atoms with Crippen LogP contribution in [-0.2, 0) is 4.74 Å². The smallest absolute Gasteiger partial charge is 0.193 e. The summed E-state index contributed by atoms with van der Waals surface area (Å²) in [5, 5.41) is 3.57. The number of ether oxygens (including phenoxy) is 1. The number of hydrogen-bond donors (Lipinski definition) is 1. The number of aliphatic imine (C=N–C) groups is 1. The van der Waals surface area contributed by atoms with E-state index in [4.69, 9.17) is 4.74 Å². The first-order chi connectivity index (χ1) is 10.1. The third-order valence-electron chi connectivity index (χ3n) is 4.84. The van der Waals surface area contributed by atoms with E-state index in [-0.39, 0.29) is 24.0 Å². The lowest BCUT2D eigenvalue weighted by atomic mass is 9.99. The second-order valence-electron chi connectivity index (χ2n) is 6.61. The van der Waals surface area contributed by atoms with Crippen LogP contribution >= 0.6 is 24.0 Å². The number of piperidine rings is 1. The maximum atomic E-state index is 5.52. The Morgan fingerprint density at radius 1 is 1.27 bits per heavy atom. The molecule has 2 atom stereocenters. The quantitative estimate of drug-likeness (QED) is 0.428. The number of halogens is 1. The minimum atomic E-state index is 0. The minimum Gasteiger partial charge on any atom is -0.379 e. The molecular weight excluding hydrogens is 391 g/mol. The van der Waals surface area contributed by atoms with Crippen molar-refractivity contribution in [2.24, 2.45) is 10.9 Å². The molecule has 6 heteroatoms. The highest BCUT2D eigenvalue weighted by Crippen LogP contribution is 2.16. The van der Waals surface area contributed by atoms with Crippen molar-refractivity contribution < 1.29 is 4.74 Å². The van der Waals surface area contributed by atoms with E-state index < -0.39 is 0 Å². The molecule has 0 spiro atoms. The van der Waals surface area contributed by atoms with Crippen molar-refractivity contribution in [1.82, 2.24) is 15.1 Å². The Morgan fingerprint density at radius 2 is 1.95 bits per heavy atom. The van der Waals surface area contributed by atoms with Crippen LogP contribution in [0.3, 0.4) is 0 Å². The van der Waals surface area contributed by atoms with Crippen molar-refractivity contribution in [3.05, 3.63) is 0 Å². The van der Waals surface area contributed by atoms with E-state index in [0.717, 1.165) is 51.3 Å². The Hall–Kier alpha value is -0.0800. The monoisotopic (exact) mass is 424 g/mol. The Bertz CT molecular complexity index is 345. The van der Waals surface area contributed by atoms with Crippen molar-refractivity contribution in [2.45, 2.75) is 45.7 Å². The third kappa shape index (κ3) is 5.53. The van der Waals surface area contributed by atoms with E-state index in [1.54, 1.807) is 0 Å². The standard InChI is InChI=1S/C16H32N4O.HI/c1-13-5-7-19(8-6-13)16(17-4)18-11-14(2)20-9-10-21-12-15(20)3;/h13-15H,5-12H2,1-4H3,(H,17,18);1H. The summed E-state index contributed by atoms with van der Waals surface area (Å²) >= 11 is 0. The average Bonchev–Trinajstić information content (AvgIpc) is 2.49. The van der Waals surface area contributed by atoms with Gasteiger partial charge in [0, 0.05) is 45.3 Å². The van der Waals surface area contributed by atoms with Crippen LogP contribution in [0.2, 0.25) is 0 Å². The first-order valence-electron chi connectivity index (χ1n) is 8.41. The zero-order valence-electron chi connectivity index (χ0n) is 14.5. The van der Waals surface area contributed by atoms with Crippen LogP contribution < -0.4 is 5.32 Å². The summed E-state index contributed by atoms with van der Waals surface area (Å²) in [7, 11) is 1.89. The van der Waals surface area contributed by atoms with Gasteiger partial charge in [0.2, 0.25) is 0 Å². The van der Waals surface area contributed by atoms with Gasteiger partial charge in [0.15, 0.2) is 5.96 Å². The van der Waals surface area contributed by atoms with Crippen molar-refractivity contribution in [3.63, 3.8) is 0 Å². The van der Waals surface area contributed by atoms with E-state index in [1.165, 1.54) is 12.8 Å². The molecule has 0 saturated carbocycles. The van der Waals surface area contributed by atoms with Gasteiger partial charge in [-0.05, 0) is 32.6 Å². The number of likely N-dealkylation sites (tertiary alicyclic amines) is 1. The molecule has 0 aromatic heterocycles. The molecule has 2 fully saturated rings. The molecule has 0 bridgehead atoms. The van der Waals surface area contributed by atoms with Gasteiger partial charge in [-0.2, -0.15) is 0 Å². The van der Waals surface area contributed by atoms with Crippen molar-refractivity contribution in [2.75, 3.05) is 46.4 Å². The zero-order chi connectivity index (χ0) is 15.2. The second kappa shape index (κ2) is 9.93. The fourth-order valence-electron chi connectivity index (χ4n) is 3.30. The van der Waals surface area contributed by atoms with Gasteiger partial charge >= 0.3 is 0 Å². The minimum absolute atomic E-state index is 0. The lowest BCUT2D eigenvalue weighted by Gasteiger charge is -2.39. The Balaban J connectivity index is 0.00000242. The van der Waals surface area contributed by atoms with Crippen LogP contribution in [0.25, 0.3) is 0 Å². The predicted molar refractivity (Wildman–Crippen MR) is 103 cm³/mol. The van der Waals surface area contributed by atoms with Crippen molar-refractivity contribution >= 4 is 29.9 Å². The van der Waals surface area contributed by atoms with Crippen LogP contribution in [0.1, 0.15) is 33.6 Å². The molecule has 2 rings (SSSR count). The van der Waals surface area contributed by atoms with Crippen LogP contribution in [0.4, 0.5) is 0 Å². The third-order valence-corrected chi connectivity index (χ3v) is 4.84. The number of guanidine groups is 1. The van der Waals surface area contributed by atoms with Crippen LogP contribution in [0.15, 0.2) is 4.99 Å². The highest BCUT2D eigenvalue weighted by atomic mass is 127. The van der Waals surface area contributed by atoms with Gasteiger partial charge in [-0.1, -0.05) is 6.92 Å². The highest BCUT2D eigenvalue weighted by Gasteiger charge is 2.24. The highest BCUT2D eigenvalue weighted by molar-refractivity contribution is 14.0. The zero-order valence-corrected chi connectivity index (χ0v) is 16.9. The predicted octanol–water partition coefficient (Wildman–Crippen LogP) is 2.02. The average molecular weight is 424 g/mol. The fraction of sp³-hybridized carbons (Fsp3) is 0.938. The number of nitrogens with one attached hydrogen (secondary N) is 1. The van der Waals surface area contributed by atoms with Gasteiger partial charge in [0.1, 0.15) is 0 Å². The number of nitrogens with zero attached hydrogens (tertiary/aromatic N) is 3. The normalized spacial score (nSPS) is 26.5. The Labute approximate surface area is 152 Å². The molecule has 2 unspecified atom stereocenters. The van der Waals surface area contributed by atoms with E-state index in [9.17, 15) is 0 Å². The molecule has 5 nitrogen and oxygen atoms in total. The molecule has 2 aliphatic rings.